The second-order valence-electron chi connectivity index (χ2n) is 6.29. The van der Waals surface area contributed by atoms with Crippen LogP contribution in [-0.2, 0) is 7.05 Å². The molecule has 0 fully saturated rings. The molecule has 6 heteroatoms. The second-order valence-corrected chi connectivity index (χ2v) is 6.29. The Morgan fingerprint density at radius 1 is 1.08 bits per heavy atom. The van der Waals surface area contributed by atoms with Crippen molar-refractivity contribution in [3.63, 3.8) is 0 Å². The first-order valence-corrected chi connectivity index (χ1v) is 8.59. The van der Waals surface area contributed by atoms with Gasteiger partial charge in [-0.1, -0.05) is 26.0 Å². The maximum Gasteiger partial charge on any atom is 0.333 e. The zero-order chi connectivity index (χ0) is 18.1. The molecule has 0 radical (unpaired) electrons. The molecule has 0 aliphatic carbocycles. The van der Waals surface area contributed by atoms with Gasteiger partial charge in [-0.3, -0.25) is 9.13 Å². The number of nitrogen functional groups attached to an aromatic ring is 1. The molecule has 0 unspecified atom stereocenters. The minimum absolute atomic E-state index is 0.0991. The quantitative estimate of drug-likeness (QED) is 0.425. The van der Waals surface area contributed by atoms with E-state index in [2.05, 4.69) is 13.8 Å². The maximum absolute atomic E-state index is 12.7. The Morgan fingerprint density at radius 2 is 1.72 bits per heavy atom. The fourth-order valence-electron chi connectivity index (χ4n) is 3.34. The maximum atomic E-state index is 12.7. The summed E-state index contributed by atoms with van der Waals surface area (Å²) in [6.45, 7) is 4.21. The van der Waals surface area contributed by atoms with Gasteiger partial charge in [-0.2, -0.15) is 0 Å². The van der Waals surface area contributed by atoms with Crippen LogP contribution in [0.2, 0.25) is 0 Å². The van der Waals surface area contributed by atoms with Crippen molar-refractivity contribution >= 4 is 22.4 Å². The van der Waals surface area contributed by atoms with Crippen molar-refractivity contribution in [2.24, 2.45) is 12.9 Å². The number of hydrazine groups is 1. The van der Waals surface area contributed by atoms with Crippen LogP contribution >= 0.6 is 0 Å². The molecule has 3 aromatic rings. The number of benzene rings is 2. The van der Waals surface area contributed by atoms with Crippen molar-refractivity contribution in [1.82, 2.24) is 9.13 Å². The zero-order valence-electron chi connectivity index (χ0n) is 14.9. The molecule has 0 aliphatic heterocycles. The Labute approximate surface area is 147 Å². The van der Waals surface area contributed by atoms with Crippen LogP contribution in [0.15, 0.2) is 47.3 Å². The first-order chi connectivity index (χ1) is 12.0. The Morgan fingerprint density at radius 3 is 2.32 bits per heavy atom. The number of nitrogens with two attached hydrogens (primary N) is 2. The molecule has 0 spiro atoms. The van der Waals surface area contributed by atoms with Gasteiger partial charge in [0.2, 0.25) is 0 Å². The second kappa shape index (κ2) is 6.64. The van der Waals surface area contributed by atoms with Crippen LogP contribution < -0.4 is 22.3 Å². The van der Waals surface area contributed by atoms with Crippen molar-refractivity contribution in [1.29, 1.82) is 0 Å². The minimum atomic E-state index is -0.0991. The number of aryl methyl sites for hydroxylation is 1. The molecule has 0 amide bonds. The Hall–Kier alpha value is -2.73. The summed E-state index contributed by atoms with van der Waals surface area (Å²) in [5, 5.41) is 1.73. The number of nitrogens with zero attached hydrogens (tertiary/aromatic N) is 3. The van der Waals surface area contributed by atoms with Gasteiger partial charge >= 0.3 is 5.69 Å². The third kappa shape index (κ3) is 2.78. The third-order valence-corrected chi connectivity index (χ3v) is 4.85. The van der Waals surface area contributed by atoms with E-state index in [4.69, 9.17) is 11.6 Å². The molecule has 132 valence electrons. The standard InChI is InChI=1S/C19H25N5O/c1-4-13(5-2)24(21)16-11-10-14(12-15(16)20)23-18-9-7-6-8-17(18)22(3)19(23)25/h6-13H,4-5,20-21H2,1-3H3. The first kappa shape index (κ1) is 17.1. The highest BCUT2D eigenvalue weighted by molar-refractivity contribution is 5.79. The van der Waals surface area contributed by atoms with Crippen LogP contribution in [0, 0.1) is 0 Å². The summed E-state index contributed by atoms with van der Waals surface area (Å²) in [6, 6.07) is 13.5. The molecule has 0 saturated heterocycles. The average Bonchev–Trinajstić information content (AvgIpc) is 2.87. The number of rotatable bonds is 5. The Balaban J connectivity index is 2.11. The van der Waals surface area contributed by atoms with Gasteiger partial charge in [0, 0.05) is 13.1 Å². The van der Waals surface area contributed by atoms with E-state index >= 15 is 0 Å². The van der Waals surface area contributed by atoms with Gasteiger partial charge in [0.1, 0.15) is 0 Å². The van der Waals surface area contributed by atoms with Crippen LogP contribution in [-0.4, -0.2) is 15.2 Å². The highest BCUT2D eigenvalue weighted by Crippen LogP contribution is 2.28. The van der Waals surface area contributed by atoms with Gasteiger partial charge in [0.15, 0.2) is 0 Å². The molecular formula is C19H25N5O. The van der Waals surface area contributed by atoms with Gasteiger partial charge in [0.05, 0.1) is 28.1 Å². The molecule has 0 atom stereocenters. The van der Waals surface area contributed by atoms with E-state index in [9.17, 15) is 4.79 Å². The van der Waals surface area contributed by atoms with Crippen LogP contribution in [0.3, 0.4) is 0 Å². The smallest absolute Gasteiger partial charge is 0.333 e. The topological polar surface area (TPSA) is 82.2 Å². The van der Waals surface area contributed by atoms with Crippen LogP contribution in [0.5, 0.6) is 0 Å². The number of imidazole rings is 1. The van der Waals surface area contributed by atoms with E-state index in [1.54, 1.807) is 21.2 Å². The van der Waals surface area contributed by atoms with Gasteiger partial charge in [-0.15, -0.1) is 0 Å². The van der Waals surface area contributed by atoms with E-state index < -0.39 is 0 Å². The lowest BCUT2D eigenvalue weighted by Crippen LogP contribution is -2.41. The number of fused-ring (bicyclic) bond motifs is 1. The summed E-state index contributed by atoms with van der Waals surface area (Å²) in [5.41, 5.74) is 9.98. The van der Waals surface area contributed by atoms with E-state index in [1.165, 1.54) is 0 Å². The fraction of sp³-hybridized carbons (Fsp3) is 0.316. The lowest BCUT2D eigenvalue weighted by molar-refractivity contribution is 0.569. The normalized spacial score (nSPS) is 11.4. The zero-order valence-corrected chi connectivity index (χ0v) is 14.9. The highest BCUT2D eigenvalue weighted by Gasteiger charge is 2.17. The number of aromatic nitrogens is 2. The summed E-state index contributed by atoms with van der Waals surface area (Å²) in [7, 11) is 1.77. The van der Waals surface area contributed by atoms with Crippen LogP contribution in [0.25, 0.3) is 16.7 Å². The largest absolute Gasteiger partial charge is 0.397 e. The number of hydrogen-bond acceptors (Lipinski definition) is 4. The predicted octanol–water partition coefficient (Wildman–Crippen LogP) is 2.78. The van der Waals surface area contributed by atoms with Crippen molar-refractivity contribution in [3.05, 3.63) is 52.9 Å². The molecule has 0 saturated carbocycles. The van der Waals surface area contributed by atoms with E-state index in [-0.39, 0.29) is 11.7 Å². The first-order valence-electron chi connectivity index (χ1n) is 8.59. The lowest BCUT2D eigenvalue weighted by Gasteiger charge is -2.28. The van der Waals surface area contributed by atoms with Crippen molar-refractivity contribution < 1.29 is 0 Å². The van der Waals surface area contributed by atoms with Gasteiger partial charge in [-0.05, 0) is 43.2 Å². The molecule has 6 nitrogen and oxygen atoms in total. The fourth-order valence-corrected chi connectivity index (χ4v) is 3.34. The molecule has 0 aliphatic rings. The summed E-state index contributed by atoms with van der Waals surface area (Å²) < 4.78 is 3.31. The summed E-state index contributed by atoms with van der Waals surface area (Å²) in [5.74, 6) is 6.26. The number of para-hydroxylation sites is 2. The molecular weight excluding hydrogens is 314 g/mol. The molecule has 4 N–H and O–H groups in total. The van der Waals surface area contributed by atoms with E-state index in [0.29, 0.717) is 5.69 Å². The highest BCUT2D eigenvalue weighted by atomic mass is 16.1. The van der Waals surface area contributed by atoms with Gasteiger partial charge in [-0.25, -0.2) is 10.6 Å². The van der Waals surface area contributed by atoms with Crippen LogP contribution in [0.4, 0.5) is 11.4 Å². The monoisotopic (exact) mass is 339 g/mol. The lowest BCUT2D eigenvalue weighted by atomic mass is 10.1. The van der Waals surface area contributed by atoms with E-state index in [0.717, 1.165) is 35.2 Å². The summed E-state index contributed by atoms with van der Waals surface area (Å²) in [6.07, 6.45) is 1.88. The van der Waals surface area contributed by atoms with E-state index in [1.807, 2.05) is 42.5 Å². The average molecular weight is 339 g/mol. The van der Waals surface area contributed by atoms with Gasteiger partial charge in [0.25, 0.3) is 0 Å². The van der Waals surface area contributed by atoms with Crippen molar-refractivity contribution in [3.8, 4) is 5.69 Å². The summed E-state index contributed by atoms with van der Waals surface area (Å²) in [4.78, 5) is 12.7. The van der Waals surface area contributed by atoms with Gasteiger partial charge < -0.3 is 10.7 Å². The molecule has 25 heavy (non-hydrogen) atoms. The van der Waals surface area contributed by atoms with Crippen LogP contribution in [0.1, 0.15) is 26.7 Å². The SMILES string of the molecule is CCC(CC)N(N)c1ccc(-n2c(=O)n(C)c3ccccc32)cc1N. The molecule has 1 aromatic heterocycles. The Kier molecular flexibility index (Phi) is 4.55. The van der Waals surface area contributed by atoms with Crippen molar-refractivity contribution in [2.75, 3.05) is 10.7 Å². The summed E-state index contributed by atoms with van der Waals surface area (Å²) >= 11 is 0. The minimum Gasteiger partial charge on any atom is -0.397 e. The molecule has 2 aromatic carbocycles. The number of hydrogen-bond donors (Lipinski definition) is 2. The van der Waals surface area contributed by atoms with Crippen molar-refractivity contribution in [2.45, 2.75) is 32.7 Å². The third-order valence-electron chi connectivity index (χ3n) is 4.85. The molecule has 1 heterocycles. The molecule has 0 bridgehead atoms. The number of anilines is 2. The molecule has 3 rings (SSSR count). The Bertz CT molecular complexity index is 952. The predicted molar refractivity (Wildman–Crippen MR) is 104 cm³/mol.